The van der Waals surface area contributed by atoms with E-state index in [1.807, 2.05) is 0 Å². The number of halogens is 1. The van der Waals surface area contributed by atoms with Crippen LogP contribution in [0.15, 0.2) is 28.7 Å². The lowest BCUT2D eigenvalue weighted by Crippen LogP contribution is -2.60. The van der Waals surface area contributed by atoms with E-state index in [-0.39, 0.29) is 11.6 Å². The number of likely N-dealkylation sites (N-methyl/N-ethyl adjacent to an activating group) is 1. The molecule has 1 aliphatic carbocycles. The summed E-state index contributed by atoms with van der Waals surface area (Å²) in [6.45, 7) is 2.36. The highest BCUT2D eigenvalue weighted by Gasteiger charge is 2.41. The summed E-state index contributed by atoms with van der Waals surface area (Å²) >= 11 is 3.49. The van der Waals surface area contributed by atoms with Crippen molar-refractivity contribution in [2.24, 2.45) is 11.7 Å². The van der Waals surface area contributed by atoms with E-state index >= 15 is 0 Å². The first-order valence-electron chi connectivity index (χ1n) is 7.61. The van der Waals surface area contributed by atoms with Crippen LogP contribution in [0.25, 0.3) is 0 Å². The number of benzene rings is 1. The molecular formula is C17H27BrN2. The summed E-state index contributed by atoms with van der Waals surface area (Å²) in [5.74, 6) is 0.780. The van der Waals surface area contributed by atoms with Crippen molar-refractivity contribution in [3.8, 4) is 0 Å². The molecule has 0 amide bonds. The van der Waals surface area contributed by atoms with E-state index in [9.17, 15) is 0 Å². The monoisotopic (exact) mass is 338 g/mol. The third-order valence-electron chi connectivity index (χ3n) is 4.96. The minimum Gasteiger partial charge on any atom is -0.326 e. The molecule has 3 atom stereocenters. The van der Waals surface area contributed by atoms with Crippen LogP contribution < -0.4 is 5.73 Å². The second-order valence-electron chi connectivity index (χ2n) is 6.64. The van der Waals surface area contributed by atoms with Gasteiger partial charge in [0.15, 0.2) is 0 Å². The molecule has 1 aliphatic rings. The van der Waals surface area contributed by atoms with E-state index in [4.69, 9.17) is 5.73 Å². The second kappa shape index (κ2) is 6.59. The average molecular weight is 339 g/mol. The zero-order valence-corrected chi connectivity index (χ0v) is 14.5. The van der Waals surface area contributed by atoms with Crippen molar-refractivity contribution in [1.29, 1.82) is 0 Å². The summed E-state index contributed by atoms with van der Waals surface area (Å²) < 4.78 is 1.13. The topological polar surface area (TPSA) is 29.3 Å². The van der Waals surface area contributed by atoms with Crippen molar-refractivity contribution in [3.05, 3.63) is 34.3 Å². The zero-order valence-electron chi connectivity index (χ0n) is 12.9. The van der Waals surface area contributed by atoms with Gasteiger partial charge in [-0.05, 0) is 57.0 Å². The van der Waals surface area contributed by atoms with Gasteiger partial charge in [-0.2, -0.15) is 0 Å². The van der Waals surface area contributed by atoms with E-state index in [2.05, 4.69) is 66.1 Å². The van der Waals surface area contributed by atoms with Crippen LogP contribution >= 0.6 is 15.9 Å². The Kier molecular flexibility index (Phi) is 5.27. The molecule has 3 unspecified atom stereocenters. The first-order chi connectivity index (χ1) is 9.44. The summed E-state index contributed by atoms with van der Waals surface area (Å²) in [6.07, 6.45) is 6.05. The van der Waals surface area contributed by atoms with Crippen molar-refractivity contribution in [2.75, 3.05) is 14.1 Å². The summed E-state index contributed by atoms with van der Waals surface area (Å²) in [5, 5.41) is 0. The minimum atomic E-state index is 0.157. The Morgan fingerprint density at radius 2 is 2.00 bits per heavy atom. The fourth-order valence-electron chi connectivity index (χ4n) is 3.70. The van der Waals surface area contributed by atoms with Crippen LogP contribution in [0.2, 0.25) is 0 Å². The van der Waals surface area contributed by atoms with Gasteiger partial charge in [0.05, 0.1) is 0 Å². The SMILES string of the molecule is CC1CCCC(C(N)Cc2ccc(Br)cc2)(N(C)C)C1. The van der Waals surface area contributed by atoms with Gasteiger partial charge in [0.25, 0.3) is 0 Å². The first kappa shape index (κ1) is 16.0. The Morgan fingerprint density at radius 3 is 2.55 bits per heavy atom. The molecule has 0 spiro atoms. The quantitative estimate of drug-likeness (QED) is 0.903. The van der Waals surface area contributed by atoms with Gasteiger partial charge in [0.2, 0.25) is 0 Å². The highest BCUT2D eigenvalue weighted by molar-refractivity contribution is 9.10. The Bertz CT molecular complexity index is 429. The number of hydrogen-bond acceptors (Lipinski definition) is 2. The standard InChI is InChI=1S/C17H27BrN2/c1-13-5-4-10-17(12-13,20(2)3)16(19)11-14-6-8-15(18)9-7-14/h6-9,13,16H,4-5,10-12,19H2,1-3H3. The summed E-state index contributed by atoms with van der Waals surface area (Å²) in [5.41, 5.74) is 8.15. The van der Waals surface area contributed by atoms with E-state index in [1.54, 1.807) is 0 Å². The first-order valence-corrected chi connectivity index (χ1v) is 8.41. The number of nitrogens with two attached hydrogens (primary N) is 1. The molecule has 0 aromatic heterocycles. The summed E-state index contributed by atoms with van der Waals surface area (Å²) in [4.78, 5) is 2.38. The lowest BCUT2D eigenvalue weighted by atomic mass is 9.70. The fourth-order valence-corrected chi connectivity index (χ4v) is 3.97. The molecule has 0 saturated heterocycles. The predicted octanol–water partition coefficient (Wildman–Crippen LogP) is 3.83. The predicted molar refractivity (Wildman–Crippen MR) is 89.9 cm³/mol. The van der Waals surface area contributed by atoms with Crippen molar-refractivity contribution < 1.29 is 0 Å². The molecule has 20 heavy (non-hydrogen) atoms. The van der Waals surface area contributed by atoms with Gasteiger partial charge in [-0.25, -0.2) is 0 Å². The highest BCUT2D eigenvalue weighted by Crippen LogP contribution is 2.38. The van der Waals surface area contributed by atoms with Crippen molar-refractivity contribution in [3.63, 3.8) is 0 Å². The summed E-state index contributed by atoms with van der Waals surface area (Å²) in [6, 6.07) is 8.77. The van der Waals surface area contributed by atoms with Gasteiger partial charge in [-0.3, -0.25) is 0 Å². The molecule has 2 nitrogen and oxygen atoms in total. The average Bonchev–Trinajstić information content (AvgIpc) is 2.41. The maximum atomic E-state index is 6.66. The van der Waals surface area contributed by atoms with Crippen LogP contribution in [-0.2, 0) is 6.42 Å². The summed E-state index contributed by atoms with van der Waals surface area (Å²) in [7, 11) is 4.39. The van der Waals surface area contributed by atoms with Gasteiger partial charge in [-0.1, -0.05) is 47.8 Å². The maximum absolute atomic E-state index is 6.66. The van der Waals surface area contributed by atoms with Gasteiger partial charge < -0.3 is 10.6 Å². The molecule has 1 aromatic rings. The molecule has 0 heterocycles. The maximum Gasteiger partial charge on any atom is 0.0360 e. The van der Waals surface area contributed by atoms with Crippen molar-refractivity contribution >= 4 is 15.9 Å². The molecule has 2 N–H and O–H groups in total. The van der Waals surface area contributed by atoms with Gasteiger partial charge in [0, 0.05) is 16.1 Å². The second-order valence-corrected chi connectivity index (χ2v) is 7.55. The van der Waals surface area contributed by atoms with Crippen molar-refractivity contribution in [1.82, 2.24) is 4.90 Å². The molecule has 0 aliphatic heterocycles. The smallest absolute Gasteiger partial charge is 0.0360 e. The Labute approximate surface area is 131 Å². The van der Waals surface area contributed by atoms with Crippen LogP contribution in [0.1, 0.15) is 38.2 Å². The van der Waals surface area contributed by atoms with Gasteiger partial charge in [-0.15, -0.1) is 0 Å². The van der Waals surface area contributed by atoms with Crippen LogP contribution in [-0.4, -0.2) is 30.6 Å². The van der Waals surface area contributed by atoms with Crippen molar-refractivity contribution in [2.45, 2.75) is 50.6 Å². The fraction of sp³-hybridized carbons (Fsp3) is 0.647. The molecule has 0 radical (unpaired) electrons. The van der Waals surface area contributed by atoms with Crippen LogP contribution in [0.3, 0.4) is 0 Å². The molecule has 1 aromatic carbocycles. The molecule has 1 saturated carbocycles. The lowest BCUT2D eigenvalue weighted by molar-refractivity contribution is 0.0504. The van der Waals surface area contributed by atoms with Gasteiger partial charge >= 0.3 is 0 Å². The third kappa shape index (κ3) is 3.44. The number of hydrogen-bond donors (Lipinski definition) is 1. The Hall–Kier alpha value is -0.380. The lowest BCUT2D eigenvalue weighted by Gasteiger charge is -2.49. The molecule has 2 rings (SSSR count). The van der Waals surface area contributed by atoms with Gasteiger partial charge in [0.1, 0.15) is 0 Å². The molecule has 1 fully saturated rings. The molecule has 112 valence electrons. The zero-order chi connectivity index (χ0) is 14.8. The minimum absolute atomic E-state index is 0.157. The van der Waals surface area contributed by atoms with Crippen LogP contribution in [0.5, 0.6) is 0 Å². The van der Waals surface area contributed by atoms with E-state index in [0.29, 0.717) is 0 Å². The van der Waals surface area contributed by atoms with E-state index in [1.165, 1.54) is 31.2 Å². The van der Waals surface area contributed by atoms with E-state index < -0.39 is 0 Å². The molecular weight excluding hydrogens is 312 g/mol. The number of rotatable bonds is 4. The third-order valence-corrected chi connectivity index (χ3v) is 5.49. The highest BCUT2D eigenvalue weighted by atomic mass is 79.9. The van der Waals surface area contributed by atoms with E-state index in [0.717, 1.165) is 16.8 Å². The van der Waals surface area contributed by atoms with Crippen LogP contribution in [0.4, 0.5) is 0 Å². The number of nitrogens with zero attached hydrogens (tertiary/aromatic N) is 1. The Morgan fingerprint density at radius 1 is 1.35 bits per heavy atom. The normalized spacial score (nSPS) is 28.6. The molecule has 0 bridgehead atoms. The largest absolute Gasteiger partial charge is 0.326 e. The molecule has 3 heteroatoms. The Balaban J connectivity index is 2.14. The van der Waals surface area contributed by atoms with Crippen LogP contribution in [0, 0.1) is 5.92 Å².